The number of alkyl halides is 3. The van der Waals surface area contributed by atoms with Crippen molar-refractivity contribution in [3.05, 3.63) is 40.4 Å². The second-order valence-corrected chi connectivity index (χ2v) is 10.4. The number of carbonyl (C=O) groups is 1. The lowest BCUT2D eigenvalue weighted by Crippen LogP contribution is -2.50. The molecule has 1 unspecified atom stereocenters. The molecule has 1 aliphatic heterocycles. The Morgan fingerprint density at radius 3 is 2.59 bits per heavy atom. The van der Waals surface area contributed by atoms with Crippen LogP contribution in [0.3, 0.4) is 0 Å². The summed E-state index contributed by atoms with van der Waals surface area (Å²) < 4.78 is 42.9. The van der Waals surface area contributed by atoms with E-state index in [1.165, 1.54) is 23.6 Å². The molecule has 2 aromatic rings. The molecular weight excluding hydrogens is 507 g/mol. The van der Waals surface area contributed by atoms with Crippen LogP contribution in [0.25, 0.3) is 0 Å². The molecule has 2 fully saturated rings. The molecule has 0 spiro atoms. The van der Waals surface area contributed by atoms with Crippen LogP contribution in [0.2, 0.25) is 0 Å². The second-order valence-electron chi connectivity index (χ2n) is 9.43. The molecule has 1 N–H and O–H groups in total. The third-order valence-electron chi connectivity index (χ3n) is 6.66. The fraction of sp³-hybridized carbons (Fsp3) is 0.458. The van der Waals surface area contributed by atoms with Crippen LogP contribution < -0.4 is 15.1 Å². The Balaban J connectivity index is 1.42. The van der Waals surface area contributed by atoms with Gasteiger partial charge >= 0.3 is 6.36 Å². The molecule has 9 nitrogen and oxygen atoms in total. The molecule has 13 heteroatoms. The van der Waals surface area contributed by atoms with Crippen LogP contribution in [-0.4, -0.2) is 47.4 Å². The largest absolute Gasteiger partial charge is 0.573 e. The highest BCUT2D eigenvalue weighted by molar-refractivity contribution is 7.16. The Bertz CT molecular complexity index is 1350. The molecule has 1 amide bonds. The number of ether oxygens (including phenoxy) is 1. The number of carbonyl (C=O) groups excluding carboxylic acids is 1. The SMILES string of the molecule is C[C@H](NC(=O)c1cc(OC(F)(F)F)cc(C2(C#N)CC2)c1)C1=NC(C2CC2)N(C)N1c1ncc(C#N)s1. The van der Waals surface area contributed by atoms with E-state index in [9.17, 15) is 28.5 Å². The molecule has 37 heavy (non-hydrogen) atoms. The number of rotatable bonds is 7. The maximum Gasteiger partial charge on any atom is 0.573 e. The van der Waals surface area contributed by atoms with Crippen molar-refractivity contribution in [3.8, 4) is 17.9 Å². The van der Waals surface area contributed by atoms with Crippen molar-refractivity contribution in [1.29, 1.82) is 10.5 Å². The van der Waals surface area contributed by atoms with E-state index < -0.39 is 29.5 Å². The van der Waals surface area contributed by atoms with E-state index in [0.29, 0.717) is 40.2 Å². The van der Waals surface area contributed by atoms with Gasteiger partial charge in [0.2, 0.25) is 5.13 Å². The molecule has 2 aliphatic carbocycles. The van der Waals surface area contributed by atoms with Gasteiger partial charge < -0.3 is 10.1 Å². The van der Waals surface area contributed by atoms with Gasteiger partial charge in [-0.25, -0.2) is 15.0 Å². The monoisotopic (exact) mass is 529 g/mol. The van der Waals surface area contributed by atoms with E-state index in [2.05, 4.69) is 27.2 Å². The summed E-state index contributed by atoms with van der Waals surface area (Å²) in [5.41, 5.74) is -0.653. The Hall–Kier alpha value is -3.68. The first kappa shape index (κ1) is 25.0. The van der Waals surface area contributed by atoms with Gasteiger partial charge in [0, 0.05) is 12.6 Å². The molecule has 2 atom stereocenters. The first-order chi connectivity index (χ1) is 17.5. The van der Waals surface area contributed by atoms with Gasteiger partial charge in [0.15, 0.2) is 0 Å². The number of aromatic nitrogens is 1. The number of thiazole rings is 1. The molecule has 3 aliphatic rings. The summed E-state index contributed by atoms with van der Waals surface area (Å²) in [5, 5.41) is 25.8. The fourth-order valence-corrected chi connectivity index (χ4v) is 5.20. The summed E-state index contributed by atoms with van der Waals surface area (Å²) in [5.74, 6) is -0.315. The average Bonchev–Trinajstić information content (AvgIpc) is 3.76. The lowest BCUT2D eigenvalue weighted by atomic mass is 9.95. The summed E-state index contributed by atoms with van der Waals surface area (Å²) >= 11 is 1.19. The predicted octanol–water partition coefficient (Wildman–Crippen LogP) is 4.09. The van der Waals surface area contributed by atoms with Crippen molar-refractivity contribution < 1.29 is 22.7 Å². The third-order valence-corrected chi connectivity index (χ3v) is 7.54. The average molecular weight is 530 g/mol. The maximum absolute atomic E-state index is 13.2. The molecule has 192 valence electrons. The van der Waals surface area contributed by atoms with E-state index in [1.54, 1.807) is 11.9 Å². The van der Waals surface area contributed by atoms with E-state index in [0.717, 1.165) is 25.0 Å². The van der Waals surface area contributed by atoms with Gasteiger partial charge in [0.1, 0.15) is 28.7 Å². The van der Waals surface area contributed by atoms with Gasteiger partial charge in [-0.15, -0.1) is 13.2 Å². The number of nitrogens with one attached hydrogen (secondary N) is 1. The quantitative estimate of drug-likeness (QED) is 0.574. The highest BCUT2D eigenvalue weighted by Gasteiger charge is 2.46. The Kier molecular flexibility index (Phi) is 6.09. The summed E-state index contributed by atoms with van der Waals surface area (Å²) in [6.07, 6.45) is -0.584. The smallest absolute Gasteiger partial charge is 0.406 e. The number of nitrogens with zero attached hydrogens (tertiary/aromatic N) is 6. The minimum absolute atomic E-state index is 0.0524. The Morgan fingerprint density at radius 1 is 1.30 bits per heavy atom. The van der Waals surface area contributed by atoms with Gasteiger partial charge in [-0.1, -0.05) is 11.3 Å². The first-order valence-corrected chi connectivity index (χ1v) is 12.4. The van der Waals surface area contributed by atoms with Crippen LogP contribution in [0.1, 0.15) is 53.4 Å². The zero-order chi connectivity index (χ0) is 26.5. The molecule has 2 saturated carbocycles. The van der Waals surface area contributed by atoms with Crippen molar-refractivity contribution in [3.63, 3.8) is 0 Å². The zero-order valence-electron chi connectivity index (χ0n) is 19.9. The van der Waals surface area contributed by atoms with E-state index in [4.69, 9.17) is 4.99 Å². The summed E-state index contributed by atoms with van der Waals surface area (Å²) in [6, 6.07) is 7.18. The van der Waals surface area contributed by atoms with Gasteiger partial charge in [-0.3, -0.25) is 4.79 Å². The number of hydrogen-bond acceptors (Lipinski definition) is 9. The second kappa shape index (κ2) is 9.01. The molecule has 5 rings (SSSR count). The van der Waals surface area contributed by atoms with Gasteiger partial charge in [-0.05, 0) is 62.3 Å². The lowest BCUT2D eigenvalue weighted by molar-refractivity contribution is -0.274. The number of halogens is 3. The number of nitriles is 2. The van der Waals surface area contributed by atoms with Crippen LogP contribution >= 0.6 is 11.3 Å². The Morgan fingerprint density at radius 2 is 2.03 bits per heavy atom. The maximum atomic E-state index is 13.2. The highest BCUT2D eigenvalue weighted by Crippen LogP contribution is 2.49. The minimum Gasteiger partial charge on any atom is -0.406 e. The van der Waals surface area contributed by atoms with Gasteiger partial charge in [0.05, 0.1) is 23.7 Å². The lowest BCUT2D eigenvalue weighted by Gasteiger charge is -2.30. The molecule has 0 bridgehead atoms. The van der Waals surface area contributed by atoms with Crippen LogP contribution in [-0.2, 0) is 5.41 Å². The normalized spacial score (nSPS) is 21.5. The van der Waals surface area contributed by atoms with Crippen LogP contribution in [0.4, 0.5) is 18.3 Å². The zero-order valence-corrected chi connectivity index (χ0v) is 20.7. The molecular formula is C24H22F3N7O2S. The van der Waals surface area contributed by atoms with Crippen molar-refractivity contribution in [2.45, 2.75) is 56.6 Å². The van der Waals surface area contributed by atoms with Gasteiger partial charge in [0.25, 0.3) is 5.91 Å². The summed E-state index contributed by atoms with van der Waals surface area (Å²) in [6.45, 7) is 1.72. The van der Waals surface area contributed by atoms with Gasteiger partial charge in [-0.2, -0.15) is 15.5 Å². The minimum atomic E-state index is -4.94. The molecule has 1 aromatic carbocycles. The standard InChI is InChI=1S/C24H22F3N7O2S/c1-13(19-32-20(14-3-4-14)33(2)34(19)22-30-11-18(10-28)37-22)31-21(35)15-7-16(23(12-29)5-6-23)9-17(8-15)36-24(25,26)27/h7-9,11,13-14,20H,3-6H2,1-2H3,(H,31,35)/t13-,20?/m0/s1. The number of aliphatic imine (C=N–C) groups is 1. The summed E-state index contributed by atoms with van der Waals surface area (Å²) in [4.78, 5) is 22.8. The fourth-order valence-electron chi connectivity index (χ4n) is 4.43. The third kappa shape index (κ3) is 4.97. The number of benzene rings is 1. The first-order valence-electron chi connectivity index (χ1n) is 11.6. The molecule has 1 aromatic heterocycles. The van der Waals surface area contributed by atoms with Crippen molar-refractivity contribution in [2.24, 2.45) is 10.9 Å². The number of amidine groups is 1. The van der Waals surface area contributed by atoms with Crippen LogP contribution in [0.5, 0.6) is 5.75 Å². The predicted molar refractivity (Wildman–Crippen MR) is 128 cm³/mol. The Labute approximate surface area is 214 Å². The molecule has 2 heterocycles. The number of amides is 1. The van der Waals surface area contributed by atoms with Crippen molar-refractivity contribution >= 4 is 28.2 Å². The van der Waals surface area contributed by atoms with E-state index in [-0.39, 0.29) is 11.7 Å². The van der Waals surface area contributed by atoms with Crippen LogP contribution in [0.15, 0.2) is 29.4 Å². The molecule has 0 radical (unpaired) electrons. The highest BCUT2D eigenvalue weighted by atomic mass is 32.1. The van der Waals surface area contributed by atoms with E-state index >= 15 is 0 Å². The van der Waals surface area contributed by atoms with Crippen molar-refractivity contribution in [1.82, 2.24) is 15.3 Å². The van der Waals surface area contributed by atoms with Crippen molar-refractivity contribution in [2.75, 3.05) is 12.1 Å². The number of hydrogen-bond donors (Lipinski definition) is 1. The number of anilines is 1. The number of hydrazine groups is 1. The molecule has 0 saturated heterocycles. The van der Waals surface area contributed by atoms with E-state index in [1.807, 2.05) is 12.1 Å². The summed E-state index contributed by atoms with van der Waals surface area (Å²) in [7, 11) is 1.86. The topological polar surface area (TPSA) is 118 Å². The van der Waals surface area contributed by atoms with Crippen LogP contribution in [0, 0.1) is 28.6 Å².